The summed E-state index contributed by atoms with van der Waals surface area (Å²) in [7, 11) is 0. The van der Waals surface area contributed by atoms with Gasteiger partial charge in [-0.1, -0.05) is 6.92 Å². The molecule has 1 saturated heterocycles. The molecule has 2 aromatic rings. The number of carbonyl (C=O) groups is 1. The molecule has 0 unspecified atom stereocenters. The summed E-state index contributed by atoms with van der Waals surface area (Å²) in [5, 5.41) is 6.01. The minimum atomic E-state index is -0.250. The number of nitrogens with zero attached hydrogens (tertiary/aromatic N) is 3. The number of benzene rings is 1. The fourth-order valence-electron chi connectivity index (χ4n) is 2.89. The molecule has 2 heterocycles. The molecule has 6 heteroatoms. The molecule has 0 aliphatic carbocycles. The maximum absolute atomic E-state index is 12.3. The number of nitrogens with one attached hydrogen (secondary N) is 2. The molecule has 1 aromatic heterocycles. The van der Waals surface area contributed by atoms with Gasteiger partial charge in [0.1, 0.15) is 11.5 Å². The Labute approximate surface area is 148 Å². The van der Waals surface area contributed by atoms with Crippen LogP contribution < -0.4 is 15.5 Å². The third-order valence-electron chi connectivity index (χ3n) is 4.29. The van der Waals surface area contributed by atoms with Crippen LogP contribution >= 0.6 is 0 Å². The van der Waals surface area contributed by atoms with E-state index in [9.17, 15) is 4.79 Å². The summed E-state index contributed by atoms with van der Waals surface area (Å²) < 4.78 is 0. The third-order valence-corrected chi connectivity index (χ3v) is 4.29. The predicted molar refractivity (Wildman–Crippen MR) is 101 cm³/mol. The van der Waals surface area contributed by atoms with Crippen molar-refractivity contribution >= 4 is 23.1 Å². The third kappa shape index (κ3) is 4.68. The van der Waals surface area contributed by atoms with Gasteiger partial charge >= 0.3 is 0 Å². The first kappa shape index (κ1) is 17.2. The lowest BCUT2D eigenvalue weighted by molar-refractivity contribution is 0.102. The average molecular weight is 339 g/mol. The largest absolute Gasteiger partial charge is 0.372 e. The van der Waals surface area contributed by atoms with E-state index < -0.39 is 0 Å². The predicted octanol–water partition coefficient (Wildman–Crippen LogP) is 3.54. The van der Waals surface area contributed by atoms with E-state index >= 15 is 0 Å². The van der Waals surface area contributed by atoms with Crippen molar-refractivity contribution in [2.45, 2.75) is 32.6 Å². The van der Waals surface area contributed by atoms with Crippen molar-refractivity contribution in [1.29, 1.82) is 0 Å². The van der Waals surface area contributed by atoms with Gasteiger partial charge in [0.05, 0.1) is 12.4 Å². The van der Waals surface area contributed by atoms with E-state index in [4.69, 9.17) is 0 Å². The number of piperidine rings is 1. The Hall–Kier alpha value is -2.63. The van der Waals surface area contributed by atoms with E-state index in [2.05, 4.69) is 44.6 Å². The topological polar surface area (TPSA) is 70.2 Å². The lowest BCUT2D eigenvalue weighted by Gasteiger charge is -2.28. The summed E-state index contributed by atoms with van der Waals surface area (Å²) in [6.45, 7) is 5.14. The van der Waals surface area contributed by atoms with Crippen LogP contribution in [-0.2, 0) is 0 Å². The zero-order valence-corrected chi connectivity index (χ0v) is 14.7. The minimum Gasteiger partial charge on any atom is -0.372 e. The van der Waals surface area contributed by atoms with Crippen molar-refractivity contribution in [3.05, 3.63) is 42.4 Å². The fourth-order valence-corrected chi connectivity index (χ4v) is 2.89. The molecule has 1 amide bonds. The molecule has 132 valence electrons. The van der Waals surface area contributed by atoms with Crippen molar-refractivity contribution in [2.24, 2.45) is 0 Å². The van der Waals surface area contributed by atoms with E-state index in [1.54, 1.807) is 6.20 Å². The van der Waals surface area contributed by atoms with Gasteiger partial charge in [0.25, 0.3) is 5.91 Å². The number of aromatic nitrogens is 2. The monoisotopic (exact) mass is 339 g/mol. The molecule has 1 aliphatic heterocycles. The number of carbonyl (C=O) groups excluding carboxylic acids is 1. The van der Waals surface area contributed by atoms with Gasteiger partial charge in [-0.05, 0) is 49.9 Å². The van der Waals surface area contributed by atoms with E-state index in [1.807, 2.05) is 12.1 Å². The molecule has 0 saturated carbocycles. The van der Waals surface area contributed by atoms with E-state index in [0.29, 0.717) is 11.5 Å². The maximum Gasteiger partial charge on any atom is 0.275 e. The number of amides is 1. The van der Waals surface area contributed by atoms with Crippen molar-refractivity contribution in [2.75, 3.05) is 35.2 Å². The van der Waals surface area contributed by atoms with E-state index in [0.717, 1.165) is 31.7 Å². The number of anilines is 3. The van der Waals surface area contributed by atoms with Crippen LogP contribution in [0.1, 0.15) is 43.1 Å². The highest BCUT2D eigenvalue weighted by molar-refractivity contribution is 6.02. The second-order valence-electron chi connectivity index (χ2n) is 6.26. The smallest absolute Gasteiger partial charge is 0.275 e. The second kappa shape index (κ2) is 8.46. The maximum atomic E-state index is 12.3. The summed E-state index contributed by atoms with van der Waals surface area (Å²) in [4.78, 5) is 23.1. The molecule has 1 fully saturated rings. The zero-order chi connectivity index (χ0) is 17.5. The molecular formula is C19H25N5O. The van der Waals surface area contributed by atoms with Crippen molar-refractivity contribution in [3.63, 3.8) is 0 Å². The molecule has 0 radical (unpaired) electrons. The van der Waals surface area contributed by atoms with Gasteiger partial charge in [-0.25, -0.2) is 9.97 Å². The summed E-state index contributed by atoms with van der Waals surface area (Å²) in [5.41, 5.74) is 2.28. The van der Waals surface area contributed by atoms with Gasteiger partial charge in [-0.2, -0.15) is 0 Å². The minimum absolute atomic E-state index is 0.250. The van der Waals surface area contributed by atoms with Crippen LogP contribution in [0.25, 0.3) is 0 Å². The highest BCUT2D eigenvalue weighted by Crippen LogP contribution is 2.22. The lowest BCUT2D eigenvalue weighted by atomic mass is 10.1. The molecule has 3 rings (SSSR count). The highest BCUT2D eigenvalue weighted by atomic mass is 16.1. The van der Waals surface area contributed by atoms with Crippen LogP contribution in [0, 0.1) is 0 Å². The molecule has 1 aromatic carbocycles. The van der Waals surface area contributed by atoms with Gasteiger partial charge in [0, 0.05) is 31.0 Å². The van der Waals surface area contributed by atoms with E-state index in [1.165, 1.54) is 31.1 Å². The van der Waals surface area contributed by atoms with Crippen LogP contribution in [0.4, 0.5) is 17.2 Å². The Morgan fingerprint density at radius 2 is 1.84 bits per heavy atom. The highest BCUT2D eigenvalue weighted by Gasteiger charge is 2.12. The molecule has 1 aliphatic rings. The average Bonchev–Trinajstić information content (AvgIpc) is 2.68. The van der Waals surface area contributed by atoms with Crippen LogP contribution in [0.15, 0.2) is 36.7 Å². The van der Waals surface area contributed by atoms with Gasteiger partial charge in [-0.3, -0.25) is 4.79 Å². The Bertz CT molecular complexity index is 678. The molecule has 25 heavy (non-hydrogen) atoms. The van der Waals surface area contributed by atoms with Gasteiger partial charge in [0.15, 0.2) is 0 Å². The molecule has 6 nitrogen and oxygen atoms in total. The van der Waals surface area contributed by atoms with Gasteiger partial charge in [-0.15, -0.1) is 0 Å². The normalized spacial score (nSPS) is 14.2. The first-order valence-corrected chi connectivity index (χ1v) is 8.98. The summed E-state index contributed by atoms with van der Waals surface area (Å²) >= 11 is 0. The van der Waals surface area contributed by atoms with Crippen LogP contribution in [0.5, 0.6) is 0 Å². The summed E-state index contributed by atoms with van der Waals surface area (Å²) in [6, 6.07) is 7.99. The van der Waals surface area contributed by atoms with Crippen molar-refractivity contribution in [1.82, 2.24) is 9.97 Å². The SMILES string of the molecule is CCCNc1cnc(C(=O)Nc2ccc(N3CCCCC3)cc2)cn1. The van der Waals surface area contributed by atoms with Crippen LogP contribution in [0.3, 0.4) is 0 Å². The summed E-state index contributed by atoms with van der Waals surface area (Å²) in [6.07, 6.45) is 7.91. The Balaban J connectivity index is 1.58. The lowest BCUT2D eigenvalue weighted by Crippen LogP contribution is -2.29. The Morgan fingerprint density at radius 1 is 1.08 bits per heavy atom. The molecule has 0 bridgehead atoms. The second-order valence-corrected chi connectivity index (χ2v) is 6.26. The number of rotatable bonds is 6. The molecule has 0 atom stereocenters. The molecule has 2 N–H and O–H groups in total. The number of hydrogen-bond donors (Lipinski definition) is 2. The zero-order valence-electron chi connectivity index (χ0n) is 14.7. The van der Waals surface area contributed by atoms with Crippen LogP contribution in [-0.4, -0.2) is 35.5 Å². The van der Waals surface area contributed by atoms with Crippen molar-refractivity contribution < 1.29 is 4.79 Å². The number of hydrogen-bond acceptors (Lipinski definition) is 5. The molecule has 0 spiro atoms. The Morgan fingerprint density at radius 3 is 2.48 bits per heavy atom. The van der Waals surface area contributed by atoms with Gasteiger partial charge < -0.3 is 15.5 Å². The van der Waals surface area contributed by atoms with Crippen LogP contribution in [0.2, 0.25) is 0 Å². The van der Waals surface area contributed by atoms with Crippen molar-refractivity contribution in [3.8, 4) is 0 Å². The quantitative estimate of drug-likeness (QED) is 0.842. The first-order chi connectivity index (χ1) is 12.3. The summed E-state index contributed by atoms with van der Waals surface area (Å²) in [5.74, 6) is 0.435. The molecular weight excluding hydrogens is 314 g/mol. The first-order valence-electron chi connectivity index (χ1n) is 8.98. The van der Waals surface area contributed by atoms with Gasteiger partial charge in [0.2, 0.25) is 0 Å². The Kier molecular flexibility index (Phi) is 5.82. The van der Waals surface area contributed by atoms with E-state index in [-0.39, 0.29) is 5.91 Å². The fraction of sp³-hybridized carbons (Fsp3) is 0.421. The standard InChI is InChI=1S/C19H25N5O/c1-2-10-20-18-14-21-17(13-22-18)19(25)23-15-6-8-16(9-7-15)24-11-4-3-5-12-24/h6-9,13-14H,2-5,10-12H2,1H3,(H,20,22)(H,23,25).